The molecule has 1 heterocycles. The molecule has 3 N–H and O–H groups in total. The number of aromatic nitrogens is 2. The molecule has 0 spiro atoms. The molecule has 5 heteroatoms. The smallest absolute Gasteiger partial charge is 0.153 e. The number of hydrogen-bond acceptors (Lipinski definition) is 2. The molecule has 0 bridgehead atoms. The zero-order chi connectivity index (χ0) is 15.0. The lowest BCUT2D eigenvalue weighted by Crippen LogP contribution is -1.90. The van der Waals surface area contributed by atoms with Crippen LogP contribution in [0.15, 0.2) is 46.9 Å². The molecule has 3 nitrogen and oxygen atoms in total. The highest BCUT2D eigenvalue weighted by atomic mass is 79.9. The number of benzene rings is 2. The van der Waals surface area contributed by atoms with Gasteiger partial charge in [-0.1, -0.05) is 42.0 Å². The van der Waals surface area contributed by atoms with Crippen molar-refractivity contribution in [1.29, 1.82) is 0 Å². The second kappa shape index (κ2) is 5.33. The summed E-state index contributed by atoms with van der Waals surface area (Å²) in [7, 11) is 0. The Morgan fingerprint density at radius 1 is 1.19 bits per heavy atom. The van der Waals surface area contributed by atoms with Crippen LogP contribution in [-0.4, -0.2) is 10.2 Å². The van der Waals surface area contributed by atoms with E-state index in [-0.39, 0.29) is 5.82 Å². The van der Waals surface area contributed by atoms with E-state index in [0.717, 1.165) is 16.7 Å². The van der Waals surface area contributed by atoms with Gasteiger partial charge in [0.15, 0.2) is 5.82 Å². The maximum absolute atomic E-state index is 13.8. The number of aromatic amines is 1. The average Bonchev–Trinajstić information content (AvgIpc) is 2.83. The number of anilines is 1. The Labute approximate surface area is 130 Å². The van der Waals surface area contributed by atoms with Crippen LogP contribution in [0.4, 0.5) is 10.2 Å². The number of rotatable bonds is 2. The van der Waals surface area contributed by atoms with Crippen LogP contribution in [0.1, 0.15) is 5.56 Å². The molecule has 0 unspecified atom stereocenters. The molecule has 0 saturated heterocycles. The number of nitrogens with one attached hydrogen (secondary N) is 1. The predicted molar refractivity (Wildman–Crippen MR) is 86.3 cm³/mol. The van der Waals surface area contributed by atoms with Crippen molar-refractivity contribution < 1.29 is 4.39 Å². The minimum Gasteiger partial charge on any atom is -0.382 e. The van der Waals surface area contributed by atoms with Gasteiger partial charge in [-0.2, -0.15) is 5.10 Å². The fourth-order valence-electron chi connectivity index (χ4n) is 2.34. The van der Waals surface area contributed by atoms with E-state index in [9.17, 15) is 4.39 Å². The van der Waals surface area contributed by atoms with Gasteiger partial charge in [-0.3, -0.25) is 5.10 Å². The summed E-state index contributed by atoms with van der Waals surface area (Å²) in [5, 5.41) is 6.98. The van der Waals surface area contributed by atoms with Crippen molar-refractivity contribution in [2.75, 3.05) is 5.73 Å². The fourth-order valence-corrected chi connectivity index (χ4v) is 2.80. The summed E-state index contributed by atoms with van der Waals surface area (Å²) in [4.78, 5) is 0. The number of nitrogens with zero attached hydrogens (tertiary/aromatic N) is 1. The molecule has 0 aliphatic heterocycles. The van der Waals surface area contributed by atoms with E-state index in [0.29, 0.717) is 21.5 Å². The number of halogens is 2. The van der Waals surface area contributed by atoms with E-state index in [1.807, 2.05) is 37.3 Å². The minimum atomic E-state index is -0.323. The second-order valence-electron chi connectivity index (χ2n) is 4.83. The lowest BCUT2D eigenvalue weighted by atomic mass is 9.99. The Morgan fingerprint density at radius 3 is 2.71 bits per heavy atom. The number of nitrogens with two attached hydrogens (primary N) is 1. The summed E-state index contributed by atoms with van der Waals surface area (Å²) in [6.07, 6.45) is 0. The Bertz CT molecular complexity index is 811. The summed E-state index contributed by atoms with van der Waals surface area (Å²) < 4.78 is 14.1. The van der Waals surface area contributed by atoms with Crippen LogP contribution in [0, 0.1) is 12.7 Å². The predicted octanol–water partition coefficient (Wildman–Crippen LogP) is 4.54. The molecular weight excluding hydrogens is 333 g/mol. The molecule has 21 heavy (non-hydrogen) atoms. The van der Waals surface area contributed by atoms with Crippen molar-refractivity contribution in [3.8, 4) is 22.4 Å². The molecule has 0 atom stereocenters. The van der Waals surface area contributed by atoms with E-state index in [1.54, 1.807) is 6.07 Å². The number of H-pyrrole nitrogens is 1. The van der Waals surface area contributed by atoms with Gasteiger partial charge in [0, 0.05) is 5.56 Å². The minimum absolute atomic E-state index is 0.323. The number of aryl methyl sites for hydroxylation is 1. The molecule has 0 aliphatic carbocycles. The quantitative estimate of drug-likeness (QED) is 0.716. The highest BCUT2D eigenvalue weighted by molar-refractivity contribution is 9.10. The van der Waals surface area contributed by atoms with Gasteiger partial charge in [0.1, 0.15) is 5.82 Å². The summed E-state index contributed by atoms with van der Waals surface area (Å²) in [6.45, 7) is 2.01. The van der Waals surface area contributed by atoms with E-state index in [1.165, 1.54) is 6.07 Å². The largest absolute Gasteiger partial charge is 0.382 e. The molecule has 0 amide bonds. The number of hydrogen-bond donors (Lipinski definition) is 2. The third kappa shape index (κ3) is 2.45. The molecule has 2 aromatic carbocycles. The van der Waals surface area contributed by atoms with E-state index >= 15 is 0 Å². The standard InChI is InChI=1S/C16H13BrFN3/c1-9-4-2-5-10(8-9)13-15(20-21-16(13)19)11-6-3-7-12(18)14(11)17/h2-8H,1H3,(H3,19,20,21). The van der Waals surface area contributed by atoms with Crippen LogP contribution >= 0.6 is 15.9 Å². The van der Waals surface area contributed by atoms with Crippen LogP contribution < -0.4 is 5.73 Å². The van der Waals surface area contributed by atoms with Gasteiger partial charge >= 0.3 is 0 Å². The first kappa shape index (κ1) is 13.8. The van der Waals surface area contributed by atoms with Gasteiger partial charge in [-0.05, 0) is 34.5 Å². The van der Waals surface area contributed by atoms with Gasteiger partial charge in [0.25, 0.3) is 0 Å². The monoisotopic (exact) mass is 345 g/mol. The Morgan fingerprint density at radius 2 is 1.95 bits per heavy atom. The van der Waals surface area contributed by atoms with Crippen molar-refractivity contribution in [2.45, 2.75) is 6.92 Å². The number of nitrogen functional groups attached to an aromatic ring is 1. The van der Waals surface area contributed by atoms with Crippen LogP contribution in [0.25, 0.3) is 22.4 Å². The normalized spacial score (nSPS) is 10.8. The zero-order valence-electron chi connectivity index (χ0n) is 11.3. The molecule has 0 fully saturated rings. The maximum atomic E-state index is 13.8. The highest BCUT2D eigenvalue weighted by Gasteiger charge is 2.18. The van der Waals surface area contributed by atoms with Crippen molar-refractivity contribution in [2.24, 2.45) is 0 Å². The SMILES string of the molecule is Cc1cccc(-c2c(N)n[nH]c2-c2cccc(F)c2Br)c1. The van der Waals surface area contributed by atoms with E-state index in [2.05, 4.69) is 26.1 Å². The average molecular weight is 346 g/mol. The second-order valence-corrected chi connectivity index (χ2v) is 5.62. The summed E-state index contributed by atoms with van der Waals surface area (Å²) >= 11 is 3.28. The van der Waals surface area contributed by atoms with Crippen LogP contribution in [0.3, 0.4) is 0 Å². The molecule has 0 saturated carbocycles. The molecule has 106 valence electrons. The van der Waals surface area contributed by atoms with Crippen LogP contribution in [-0.2, 0) is 0 Å². The van der Waals surface area contributed by atoms with Crippen molar-refractivity contribution in [3.05, 3.63) is 58.3 Å². The Hall–Kier alpha value is -2.14. The molecule has 3 rings (SSSR count). The Balaban J connectivity index is 2.24. The summed E-state index contributed by atoms with van der Waals surface area (Å²) in [6, 6.07) is 12.8. The molecule has 0 radical (unpaired) electrons. The maximum Gasteiger partial charge on any atom is 0.153 e. The van der Waals surface area contributed by atoms with Gasteiger partial charge in [0.2, 0.25) is 0 Å². The lowest BCUT2D eigenvalue weighted by molar-refractivity contribution is 0.621. The van der Waals surface area contributed by atoms with Crippen molar-refractivity contribution >= 4 is 21.7 Å². The first-order valence-electron chi connectivity index (χ1n) is 6.43. The van der Waals surface area contributed by atoms with E-state index in [4.69, 9.17) is 5.73 Å². The topological polar surface area (TPSA) is 54.7 Å². The van der Waals surface area contributed by atoms with Crippen LogP contribution in [0.2, 0.25) is 0 Å². The molecular formula is C16H13BrFN3. The van der Waals surface area contributed by atoms with Crippen molar-refractivity contribution in [3.63, 3.8) is 0 Å². The Kier molecular flexibility index (Phi) is 3.51. The molecule has 1 aromatic heterocycles. The van der Waals surface area contributed by atoms with Gasteiger partial charge in [0.05, 0.1) is 15.7 Å². The lowest BCUT2D eigenvalue weighted by Gasteiger charge is -2.08. The van der Waals surface area contributed by atoms with Gasteiger partial charge < -0.3 is 5.73 Å². The van der Waals surface area contributed by atoms with Gasteiger partial charge in [-0.25, -0.2) is 4.39 Å². The first-order chi connectivity index (χ1) is 10.1. The fraction of sp³-hybridized carbons (Fsp3) is 0.0625. The molecule has 0 aliphatic rings. The summed E-state index contributed by atoms with van der Waals surface area (Å²) in [5.41, 5.74) is 10.2. The summed E-state index contributed by atoms with van der Waals surface area (Å²) in [5.74, 6) is 0.0719. The van der Waals surface area contributed by atoms with Crippen molar-refractivity contribution in [1.82, 2.24) is 10.2 Å². The molecule has 3 aromatic rings. The zero-order valence-corrected chi connectivity index (χ0v) is 12.9. The van der Waals surface area contributed by atoms with E-state index < -0.39 is 0 Å². The highest BCUT2D eigenvalue weighted by Crippen LogP contribution is 2.38. The van der Waals surface area contributed by atoms with Crippen LogP contribution in [0.5, 0.6) is 0 Å². The third-order valence-electron chi connectivity index (χ3n) is 3.32. The van der Waals surface area contributed by atoms with Gasteiger partial charge in [-0.15, -0.1) is 0 Å². The third-order valence-corrected chi connectivity index (χ3v) is 4.13. The first-order valence-corrected chi connectivity index (χ1v) is 7.22.